The van der Waals surface area contributed by atoms with Gasteiger partial charge in [0.05, 0.1) is 0 Å². The Bertz CT molecular complexity index is 882. The Hall–Kier alpha value is -2.59. The molecule has 4 heteroatoms. The molecule has 0 fully saturated rings. The van der Waals surface area contributed by atoms with Gasteiger partial charge in [0.15, 0.2) is 5.78 Å². The van der Waals surface area contributed by atoms with Gasteiger partial charge in [0.1, 0.15) is 8.07 Å². The topological polar surface area (TPSA) is 23.6 Å². The summed E-state index contributed by atoms with van der Waals surface area (Å²) in [5, 5.41) is 1.21. The number of rotatable bonds is 5. The van der Waals surface area contributed by atoms with Crippen molar-refractivity contribution in [3.05, 3.63) is 84.3 Å². The smallest absolute Gasteiger partial charge is 0.185 e. The van der Waals surface area contributed by atoms with Gasteiger partial charge in [-0.05, 0) is 47.5 Å². The van der Waals surface area contributed by atoms with Crippen molar-refractivity contribution in [2.75, 3.05) is 31.6 Å². The number of likely N-dealkylation sites (N-methyl/N-ethyl adjacent to an activating group) is 1. The summed E-state index contributed by atoms with van der Waals surface area (Å²) in [7, 11) is 0.156. The summed E-state index contributed by atoms with van der Waals surface area (Å²) in [6, 6.07) is 4.41. The lowest BCUT2D eigenvalue weighted by molar-refractivity contribution is 0.104. The number of fused-ring (bicyclic) bond motifs is 2. The first-order valence-electron chi connectivity index (χ1n) is 9.84. The highest BCUT2D eigenvalue weighted by Gasteiger charge is 2.29. The second-order valence-electron chi connectivity index (χ2n) is 8.05. The van der Waals surface area contributed by atoms with E-state index in [2.05, 4.69) is 67.0 Å². The molecule has 1 aromatic rings. The monoisotopic (exact) mass is 390 g/mol. The molecule has 0 radical (unpaired) electrons. The highest BCUT2D eigenvalue weighted by Crippen LogP contribution is 2.29. The second-order valence-corrected chi connectivity index (χ2v) is 12.4. The SMILES string of the molecule is C=CCN(CC=C)C1=C\C=C\C(=O)c2cc3c(cc2[Si](C)(C)\C=C\1)N(C)CC3. The van der Waals surface area contributed by atoms with Crippen LogP contribution in [0.4, 0.5) is 5.69 Å². The average molecular weight is 391 g/mol. The molecule has 146 valence electrons. The third kappa shape index (κ3) is 3.97. The molecule has 0 saturated heterocycles. The number of carbonyl (C=O) groups is 1. The quantitative estimate of drug-likeness (QED) is 0.561. The first kappa shape index (κ1) is 20.1. The first-order valence-corrected chi connectivity index (χ1v) is 12.9. The minimum absolute atomic E-state index is 0.0952. The van der Waals surface area contributed by atoms with Gasteiger partial charge in [0, 0.05) is 43.6 Å². The molecule has 0 bridgehead atoms. The average Bonchev–Trinajstić information content (AvgIpc) is 3.03. The predicted molar refractivity (Wildman–Crippen MR) is 123 cm³/mol. The van der Waals surface area contributed by atoms with Crippen molar-refractivity contribution in [2.24, 2.45) is 0 Å². The van der Waals surface area contributed by atoms with Gasteiger partial charge in [0.2, 0.25) is 0 Å². The summed E-state index contributed by atoms with van der Waals surface area (Å²) >= 11 is 0. The number of benzene rings is 1. The lowest BCUT2D eigenvalue weighted by Crippen LogP contribution is -2.43. The van der Waals surface area contributed by atoms with Crippen LogP contribution in [-0.4, -0.2) is 45.4 Å². The van der Waals surface area contributed by atoms with Crippen LogP contribution in [0.15, 0.2) is 73.1 Å². The summed E-state index contributed by atoms with van der Waals surface area (Å²) in [4.78, 5) is 17.5. The van der Waals surface area contributed by atoms with E-state index in [4.69, 9.17) is 0 Å². The molecule has 0 aliphatic carbocycles. The minimum Gasteiger partial charge on any atom is -0.374 e. The zero-order valence-corrected chi connectivity index (χ0v) is 18.2. The molecule has 0 spiro atoms. The van der Waals surface area contributed by atoms with E-state index in [1.54, 1.807) is 6.08 Å². The van der Waals surface area contributed by atoms with Crippen molar-refractivity contribution < 1.29 is 4.79 Å². The van der Waals surface area contributed by atoms with E-state index in [-0.39, 0.29) is 5.78 Å². The standard InChI is InChI=1S/C24H30N2OSi/c1-6-13-26(14-7-2)20-9-8-10-23(27)21-17-19-11-15-25(3)22(19)18-24(21)28(4,5)16-12-20/h6-10,12,16-18H,1-2,11,13-15H2,3-5H3/b10-8+,16-12+,20-9-. The van der Waals surface area contributed by atoms with E-state index in [1.807, 2.05) is 24.3 Å². The van der Waals surface area contributed by atoms with Crippen molar-refractivity contribution in [1.82, 2.24) is 4.90 Å². The number of allylic oxidation sites excluding steroid dienone is 4. The Labute approximate surface area is 170 Å². The second kappa shape index (κ2) is 8.19. The number of hydrogen-bond acceptors (Lipinski definition) is 3. The third-order valence-corrected chi connectivity index (χ3v) is 8.36. The van der Waals surface area contributed by atoms with Crippen LogP contribution in [0.2, 0.25) is 13.1 Å². The molecule has 0 aromatic heterocycles. The Balaban J connectivity index is 2.10. The molecule has 0 atom stereocenters. The lowest BCUT2D eigenvalue weighted by Gasteiger charge is -2.27. The number of hydrogen-bond donors (Lipinski definition) is 0. The van der Waals surface area contributed by atoms with Crippen LogP contribution < -0.4 is 10.1 Å². The first-order chi connectivity index (χ1) is 13.4. The molecule has 2 aliphatic heterocycles. The Morgan fingerprint density at radius 3 is 2.57 bits per heavy atom. The van der Waals surface area contributed by atoms with Crippen molar-refractivity contribution in [2.45, 2.75) is 19.5 Å². The minimum atomic E-state index is -1.98. The van der Waals surface area contributed by atoms with E-state index >= 15 is 0 Å². The summed E-state index contributed by atoms with van der Waals surface area (Å²) in [5.74, 6) is 0.0952. The Morgan fingerprint density at radius 2 is 1.89 bits per heavy atom. The molecule has 1 aromatic carbocycles. The van der Waals surface area contributed by atoms with Gasteiger partial charge in [0.25, 0.3) is 0 Å². The number of carbonyl (C=O) groups excluding carboxylic acids is 1. The normalized spacial score (nSPS) is 21.8. The molecule has 0 unspecified atom stereocenters. The van der Waals surface area contributed by atoms with E-state index < -0.39 is 8.07 Å². The highest BCUT2D eigenvalue weighted by atomic mass is 28.3. The van der Waals surface area contributed by atoms with Gasteiger partial charge in [-0.1, -0.05) is 37.0 Å². The largest absolute Gasteiger partial charge is 0.374 e. The van der Waals surface area contributed by atoms with Crippen LogP contribution in [-0.2, 0) is 6.42 Å². The van der Waals surface area contributed by atoms with Gasteiger partial charge >= 0.3 is 0 Å². The highest BCUT2D eigenvalue weighted by molar-refractivity contribution is 6.94. The Morgan fingerprint density at radius 1 is 1.18 bits per heavy atom. The van der Waals surface area contributed by atoms with Gasteiger partial charge < -0.3 is 9.80 Å². The fourth-order valence-corrected chi connectivity index (χ4v) is 6.07. The van der Waals surface area contributed by atoms with E-state index in [1.165, 1.54) is 16.4 Å². The van der Waals surface area contributed by atoms with Gasteiger partial charge in [-0.15, -0.1) is 13.2 Å². The molecule has 3 rings (SSSR count). The molecule has 0 N–H and O–H groups in total. The van der Waals surface area contributed by atoms with Crippen LogP contribution >= 0.6 is 0 Å². The fraction of sp³-hybridized carbons (Fsp3) is 0.292. The molecule has 0 saturated carbocycles. The molecular formula is C24H30N2OSi. The van der Waals surface area contributed by atoms with Crippen LogP contribution in [0, 0.1) is 0 Å². The van der Waals surface area contributed by atoms with Gasteiger partial charge in [-0.2, -0.15) is 0 Å². The van der Waals surface area contributed by atoms with E-state index in [9.17, 15) is 4.79 Å². The van der Waals surface area contributed by atoms with Gasteiger partial charge in [-0.25, -0.2) is 0 Å². The zero-order valence-electron chi connectivity index (χ0n) is 17.2. The van der Waals surface area contributed by atoms with Crippen LogP contribution in [0.1, 0.15) is 15.9 Å². The summed E-state index contributed by atoms with van der Waals surface area (Å²) in [6.45, 7) is 14.8. The van der Waals surface area contributed by atoms with Crippen molar-refractivity contribution in [1.29, 1.82) is 0 Å². The summed E-state index contributed by atoms with van der Waals surface area (Å²) < 4.78 is 0. The van der Waals surface area contributed by atoms with Crippen molar-refractivity contribution in [3.63, 3.8) is 0 Å². The predicted octanol–water partition coefficient (Wildman–Crippen LogP) is 4.00. The summed E-state index contributed by atoms with van der Waals surface area (Å²) in [6.07, 6.45) is 12.6. The molecule has 2 aliphatic rings. The van der Waals surface area contributed by atoms with E-state index in [0.29, 0.717) is 0 Å². The summed E-state index contributed by atoms with van der Waals surface area (Å²) in [5.41, 5.74) is 6.85. The van der Waals surface area contributed by atoms with Gasteiger partial charge in [-0.3, -0.25) is 4.79 Å². The van der Waals surface area contributed by atoms with Crippen molar-refractivity contribution in [3.8, 4) is 0 Å². The number of ketones is 1. The molecule has 3 nitrogen and oxygen atoms in total. The number of nitrogens with zero attached hydrogens (tertiary/aromatic N) is 2. The fourth-order valence-electron chi connectivity index (χ4n) is 3.91. The van der Waals surface area contributed by atoms with Crippen LogP contribution in [0.3, 0.4) is 0 Å². The maximum atomic E-state index is 13.0. The van der Waals surface area contributed by atoms with Crippen LogP contribution in [0.5, 0.6) is 0 Å². The maximum Gasteiger partial charge on any atom is 0.185 e. The molecule has 28 heavy (non-hydrogen) atoms. The molecule has 0 amide bonds. The third-order valence-electron chi connectivity index (χ3n) is 5.56. The van der Waals surface area contributed by atoms with Crippen molar-refractivity contribution >= 4 is 24.7 Å². The zero-order chi connectivity index (χ0) is 20.3. The van der Waals surface area contributed by atoms with Crippen LogP contribution in [0.25, 0.3) is 0 Å². The molecule has 2 heterocycles. The Kier molecular flexibility index (Phi) is 5.89. The number of anilines is 1. The van der Waals surface area contributed by atoms with E-state index in [0.717, 1.165) is 37.3 Å². The lowest BCUT2D eigenvalue weighted by atomic mass is 10.0. The maximum absolute atomic E-state index is 13.0. The molecular weight excluding hydrogens is 360 g/mol.